The highest BCUT2D eigenvalue weighted by Crippen LogP contribution is 2.39. The molecule has 1 aromatic rings. The monoisotopic (exact) mass is 258 g/mol. The molecule has 1 aliphatic rings. The van der Waals surface area contributed by atoms with Crippen molar-refractivity contribution in [2.45, 2.75) is 57.1 Å². The second kappa shape index (κ2) is 5.63. The minimum absolute atomic E-state index is 0.352. The van der Waals surface area contributed by atoms with E-state index in [0.717, 1.165) is 30.5 Å². The molecular formula is C16H22N2O. The van der Waals surface area contributed by atoms with Crippen LogP contribution in [0.4, 0.5) is 5.69 Å². The molecule has 1 saturated carbocycles. The largest absolute Gasteiger partial charge is 0.393 e. The highest BCUT2D eigenvalue weighted by atomic mass is 16.3. The number of nitriles is 1. The molecule has 102 valence electrons. The minimum Gasteiger partial charge on any atom is -0.393 e. The zero-order valence-corrected chi connectivity index (χ0v) is 11.7. The highest BCUT2D eigenvalue weighted by Gasteiger charge is 2.37. The molecule has 2 unspecified atom stereocenters. The van der Waals surface area contributed by atoms with Crippen molar-refractivity contribution in [2.75, 3.05) is 5.32 Å². The summed E-state index contributed by atoms with van der Waals surface area (Å²) in [5, 5.41) is 22.9. The van der Waals surface area contributed by atoms with E-state index in [1.807, 2.05) is 18.2 Å². The summed E-state index contributed by atoms with van der Waals surface area (Å²) in [5.74, 6) is 0. The minimum atomic E-state index is -0.521. The molecule has 3 nitrogen and oxygen atoms in total. The number of benzene rings is 1. The van der Waals surface area contributed by atoms with Crippen LogP contribution in [-0.4, -0.2) is 17.3 Å². The lowest BCUT2D eigenvalue weighted by molar-refractivity contribution is 0.102. The molecule has 0 aliphatic heterocycles. The summed E-state index contributed by atoms with van der Waals surface area (Å²) in [6.07, 6.45) is 2.76. The summed E-state index contributed by atoms with van der Waals surface area (Å²) in [4.78, 5) is 0. The topological polar surface area (TPSA) is 56.0 Å². The Balaban J connectivity index is 2.30. The maximum atomic E-state index is 9.89. The van der Waals surface area contributed by atoms with Crippen molar-refractivity contribution in [3.05, 3.63) is 29.8 Å². The smallest absolute Gasteiger partial charge is 0.0847 e. The van der Waals surface area contributed by atoms with E-state index in [9.17, 15) is 10.4 Å². The summed E-state index contributed by atoms with van der Waals surface area (Å²) in [7, 11) is 0. The molecule has 19 heavy (non-hydrogen) atoms. The lowest BCUT2D eigenvalue weighted by atomic mass is 9.69. The molecule has 0 aromatic heterocycles. The SMILES string of the molecule is CC(C)Nc1cccc(C2(C#N)CCCC(O)C2)c1. The van der Waals surface area contributed by atoms with Crippen LogP contribution in [0.5, 0.6) is 0 Å². The number of anilines is 1. The maximum Gasteiger partial charge on any atom is 0.0847 e. The van der Waals surface area contributed by atoms with Crippen LogP contribution in [0.25, 0.3) is 0 Å². The molecule has 0 heterocycles. The second-order valence-corrected chi connectivity index (χ2v) is 5.82. The van der Waals surface area contributed by atoms with E-state index in [2.05, 4.69) is 31.3 Å². The van der Waals surface area contributed by atoms with Gasteiger partial charge in [0.05, 0.1) is 17.6 Å². The molecule has 3 heteroatoms. The van der Waals surface area contributed by atoms with Crippen LogP contribution >= 0.6 is 0 Å². The van der Waals surface area contributed by atoms with Gasteiger partial charge in [-0.05, 0) is 57.2 Å². The van der Waals surface area contributed by atoms with Crippen LogP contribution in [0.2, 0.25) is 0 Å². The van der Waals surface area contributed by atoms with Crippen molar-refractivity contribution >= 4 is 5.69 Å². The van der Waals surface area contributed by atoms with Crippen molar-refractivity contribution in [3.63, 3.8) is 0 Å². The molecule has 2 rings (SSSR count). The Morgan fingerprint density at radius 3 is 2.89 bits per heavy atom. The van der Waals surface area contributed by atoms with Gasteiger partial charge in [-0.2, -0.15) is 5.26 Å². The fraction of sp³-hybridized carbons (Fsp3) is 0.562. The van der Waals surface area contributed by atoms with Gasteiger partial charge in [0.15, 0.2) is 0 Å². The maximum absolute atomic E-state index is 9.89. The standard InChI is InChI=1S/C16H22N2O/c1-12(2)18-14-6-3-5-13(9-14)16(11-17)8-4-7-15(19)10-16/h3,5-6,9,12,15,18-19H,4,7-8,10H2,1-2H3. The summed E-state index contributed by atoms with van der Waals surface area (Å²) < 4.78 is 0. The number of hydrogen-bond donors (Lipinski definition) is 2. The normalized spacial score (nSPS) is 27.0. The number of nitrogens with zero attached hydrogens (tertiary/aromatic N) is 1. The molecule has 1 aliphatic carbocycles. The molecule has 0 amide bonds. The van der Waals surface area contributed by atoms with Crippen LogP contribution in [0.3, 0.4) is 0 Å². The van der Waals surface area contributed by atoms with Gasteiger partial charge in [0.2, 0.25) is 0 Å². The first-order chi connectivity index (χ1) is 9.05. The van der Waals surface area contributed by atoms with E-state index < -0.39 is 5.41 Å². The molecule has 2 N–H and O–H groups in total. The molecule has 1 aromatic carbocycles. The number of rotatable bonds is 3. The first kappa shape index (κ1) is 13.9. The van der Waals surface area contributed by atoms with Gasteiger partial charge in [-0.15, -0.1) is 0 Å². The predicted molar refractivity (Wildman–Crippen MR) is 77.0 cm³/mol. The van der Waals surface area contributed by atoms with Gasteiger partial charge in [-0.25, -0.2) is 0 Å². The Labute approximate surface area is 115 Å². The number of nitrogens with one attached hydrogen (secondary N) is 1. The van der Waals surface area contributed by atoms with Gasteiger partial charge in [0.25, 0.3) is 0 Å². The van der Waals surface area contributed by atoms with E-state index in [-0.39, 0.29) is 6.10 Å². The summed E-state index contributed by atoms with van der Waals surface area (Å²) >= 11 is 0. The van der Waals surface area contributed by atoms with Crippen LogP contribution in [0, 0.1) is 11.3 Å². The zero-order chi connectivity index (χ0) is 13.9. The lowest BCUT2D eigenvalue weighted by Crippen LogP contribution is -2.34. The first-order valence-corrected chi connectivity index (χ1v) is 7.02. The van der Waals surface area contributed by atoms with Gasteiger partial charge in [-0.3, -0.25) is 0 Å². The van der Waals surface area contributed by atoms with Crippen LogP contribution in [0.1, 0.15) is 45.1 Å². The van der Waals surface area contributed by atoms with E-state index in [4.69, 9.17) is 0 Å². The van der Waals surface area contributed by atoms with Crippen molar-refractivity contribution in [3.8, 4) is 6.07 Å². The third kappa shape index (κ3) is 3.08. The summed E-state index contributed by atoms with van der Waals surface area (Å²) in [5.41, 5.74) is 1.55. The van der Waals surface area contributed by atoms with Crippen LogP contribution in [-0.2, 0) is 5.41 Å². The van der Waals surface area contributed by atoms with E-state index in [0.29, 0.717) is 12.5 Å². The number of aliphatic hydroxyl groups excluding tert-OH is 1. The van der Waals surface area contributed by atoms with Crippen molar-refractivity contribution < 1.29 is 5.11 Å². The van der Waals surface area contributed by atoms with E-state index >= 15 is 0 Å². The van der Waals surface area contributed by atoms with Crippen LogP contribution in [0.15, 0.2) is 24.3 Å². The Morgan fingerprint density at radius 2 is 2.26 bits per heavy atom. The fourth-order valence-corrected chi connectivity index (χ4v) is 2.91. The highest BCUT2D eigenvalue weighted by molar-refractivity contribution is 5.50. The van der Waals surface area contributed by atoms with Crippen molar-refractivity contribution in [2.24, 2.45) is 0 Å². The third-order valence-corrected chi connectivity index (χ3v) is 3.81. The first-order valence-electron chi connectivity index (χ1n) is 7.02. The average Bonchev–Trinajstić information content (AvgIpc) is 2.38. The van der Waals surface area contributed by atoms with Gasteiger partial charge in [-0.1, -0.05) is 12.1 Å². The summed E-state index contributed by atoms with van der Waals surface area (Å²) in [6.45, 7) is 4.19. The zero-order valence-electron chi connectivity index (χ0n) is 11.7. The molecule has 0 saturated heterocycles. The molecule has 1 fully saturated rings. The number of aliphatic hydroxyl groups is 1. The molecule has 0 radical (unpaired) electrons. The van der Waals surface area contributed by atoms with E-state index in [1.54, 1.807) is 0 Å². The van der Waals surface area contributed by atoms with Gasteiger partial charge in [0, 0.05) is 11.7 Å². The molecule has 0 bridgehead atoms. The van der Waals surface area contributed by atoms with Gasteiger partial charge in [0.1, 0.15) is 0 Å². The van der Waals surface area contributed by atoms with Crippen LogP contribution < -0.4 is 5.32 Å². The molecule has 0 spiro atoms. The Morgan fingerprint density at radius 1 is 1.47 bits per heavy atom. The molecule has 2 atom stereocenters. The number of hydrogen-bond acceptors (Lipinski definition) is 3. The Kier molecular flexibility index (Phi) is 4.11. The van der Waals surface area contributed by atoms with E-state index in [1.165, 1.54) is 0 Å². The quantitative estimate of drug-likeness (QED) is 0.875. The molecular weight excluding hydrogens is 236 g/mol. The lowest BCUT2D eigenvalue weighted by Gasteiger charge is -2.34. The fourth-order valence-electron chi connectivity index (χ4n) is 2.91. The van der Waals surface area contributed by atoms with Gasteiger partial charge >= 0.3 is 0 Å². The van der Waals surface area contributed by atoms with Gasteiger partial charge < -0.3 is 10.4 Å². The average molecular weight is 258 g/mol. The van der Waals surface area contributed by atoms with Crippen molar-refractivity contribution in [1.29, 1.82) is 5.26 Å². The summed E-state index contributed by atoms with van der Waals surface area (Å²) in [6, 6.07) is 10.9. The predicted octanol–water partition coefficient (Wildman–Crippen LogP) is 3.20. The third-order valence-electron chi connectivity index (χ3n) is 3.81. The van der Waals surface area contributed by atoms with Crippen molar-refractivity contribution in [1.82, 2.24) is 0 Å². The Bertz CT molecular complexity index is 478. The Hall–Kier alpha value is -1.53. The second-order valence-electron chi connectivity index (χ2n) is 5.82.